The molecule has 2 aliphatic heterocycles. The van der Waals surface area contributed by atoms with Gasteiger partial charge >= 0.3 is 5.97 Å². The lowest BCUT2D eigenvalue weighted by Gasteiger charge is -2.40. The molecule has 0 radical (unpaired) electrons. The molecule has 4 nitrogen and oxygen atoms in total. The van der Waals surface area contributed by atoms with Crippen LogP contribution in [0.3, 0.4) is 0 Å². The average molecular weight is 226 g/mol. The summed E-state index contributed by atoms with van der Waals surface area (Å²) in [5.41, 5.74) is -0.399. The van der Waals surface area contributed by atoms with Crippen molar-refractivity contribution in [2.75, 3.05) is 33.8 Å². The molecule has 1 N–H and O–H groups in total. The third-order valence-corrected chi connectivity index (χ3v) is 4.06. The zero-order valence-electron chi connectivity index (χ0n) is 10.3. The van der Waals surface area contributed by atoms with Gasteiger partial charge < -0.3 is 15.0 Å². The Morgan fingerprint density at radius 2 is 2.31 bits per heavy atom. The van der Waals surface area contributed by atoms with E-state index in [1.54, 1.807) is 0 Å². The fourth-order valence-corrected chi connectivity index (χ4v) is 3.21. The first-order chi connectivity index (χ1) is 7.69. The highest BCUT2D eigenvalue weighted by Gasteiger charge is 2.49. The van der Waals surface area contributed by atoms with Gasteiger partial charge in [-0.15, -0.1) is 0 Å². The van der Waals surface area contributed by atoms with Crippen molar-refractivity contribution in [2.24, 2.45) is 5.92 Å². The molecule has 0 aromatic rings. The number of carbonyl (C=O) groups is 1. The number of likely N-dealkylation sites (tertiary alicyclic amines) is 1. The van der Waals surface area contributed by atoms with Crippen LogP contribution in [0.15, 0.2) is 0 Å². The van der Waals surface area contributed by atoms with Gasteiger partial charge in [-0.3, -0.25) is 4.79 Å². The lowest BCUT2D eigenvalue weighted by molar-refractivity contribution is -0.151. The van der Waals surface area contributed by atoms with Crippen molar-refractivity contribution in [3.63, 3.8) is 0 Å². The average Bonchev–Trinajstić information content (AvgIpc) is 2.78. The normalized spacial score (nSPS) is 36.2. The third-order valence-electron chi connectivity index (χ3n) is 4.06. The molecule has 2 atom stereocenters. The molecule has 2 heterocycles. The van der Waals surface area contributed by atoms with Gasteiger partial charge in [0.05, 0.1) is 7.11 Å². The highest BCUT2D eigenvalue weighted by atomic mass is 16.5. The van der Waals surface area contributed by atoms with Crippen molar-refractivity contribution >= 4 is 5.97 Å². The number of piperidine rings is 1. The molecule has 0 saturated carbocycles. The number of ether oxygens (including phenoxy) is 1. The van der Waals surface area contributed by atoms with Crippen LogP contribution < -0.4 is 5.32 Å². The molecule has 2 fully saturated rings. The molecule has 2 rings (SSSR count). The van der Waals surface area contributed by atoms with E-state index in [1.165, 1.54) is 13.5 Å². The smallest absolute Gasteiger partial charge is 0.326 e. The van der Waals surface area contributed by atoms with Crippen LogP contribution in [-0.4, -0.2) is 50.2 Å². The molecular formula is C12H22N2O2. The maximum atomic E-state index is 12.0. The van der Waals surface area contributed by atoms with E-state index < -0.39 is 5.54 Å². The van der Waals surface area contributed by atoms with Crippen molar-refractivity contribution in [3.05, 3.63) is 0 Å². The molecule has 0 aromatic heterocycles. The Morgan fingerprint density at radius 1 is 1.50 bits per heavy atom. The van der Waals surface area contributed by atoms with Gasteiger partial charge in [0.1, 0.15) is 5.54 Å². The topological polar surface area (TPSA) is 41.6 Å². The molecule has 0 aromatic carbocycles. The van der Waals surface area contributed by atoms with Gasteiger partial charge in [0, 0.05) is 12.5 Å². The minimum atomic E-state index is -0.399. The lowest BCUT2D eigenvalue weighted by Crippen LogP contribution is -2.58. The van der Waals surface area contributed by atoms with Crippen LogP contribution in [0.4, 0.5) is 0 Å². The first-order valence-electron chi connectivity index (χ1n) is 6.21. The van der Waals surface area contributed by atoms with Crippen molar-refractivity contribution in [1.82, 2.24) is 10.2 Å². The minimum absolute atomic E-state index is 0.0645. The molecule has 16 heavy (non-hydrogen) atoms. The van der Waals surface area contributed by atoms with E-state index in [0.29, 0.717) is 5.92 Å². The number of hydrogen-bond donors (Lipinski definition) is 1. The Bertz CT molecular complexity index is 262. The van der Waals surface area contributed by atoms with Gasteiger partial charge in [-0.25, -0.2) is 0 Å². The molecular weight excluding hydrogens is 204 g/mol. The quantitative estimate of drug-likeness (QED) is 0.701. The monoisotopic (exact) mass is 226 g/mol. The van der Waals surface area contributed by atoms with Crippen LogP contribution in [0.2, 0.25) is 0 Å². The summed E-state index contributed by atoms with van der Waals surface area (Å²) in [4.78, 5) is 14.4. The molecule has 4 heteroatoms. The van der Waals surface area contributed by atoms with Crippen LogP contribution in [0.5, 0.6) is 0 Å². The van der Waals surface area contributed by atoms with Gasteiger partial charge in [0.25, 0.3) is 0 Å². The number of nitrogens with zero attached hydrogens (tertiary/aromatic N) is 1. The van der Waals surface area contributed by atoms with Crippen LogP contribution in [-0.2, 0) is 9.53 Å². The van der Waals surface area contributed by atoms with E-state index in [-0.39, 0.29) is 5.97 Å². The lowest BCUT2D eigenvalue weighted by atomic mass is 9.77. The zero-order valence-corrected chi connectivity index (χ0v) is 10.3. The van der Waals surface area contributed by atoms with Crippen molar-refractivity contribution in [2.45, 2.75) is 31.2 Å². The van der Waals surface area contributed by atoms with Crippen LogP contribution >= 0.6 is 0 Å². The summed E-state index contributed by atoms with van der Waals surface area (Å²) >= 11 is 0. The van der Waals surface area contributed by atoms with Crippen LogP contribution in [0.1, 0.15) is 25.7 Å². The fraction of sp³-hybridized carbons (Fsp3) is 0.917. The van der Waals surface area contributed by atoms with E-state index in [4.69, 9.17) is 4.74 Å². The van der Waals surface area contributed by atoms with Gasteiger partial charge in [0.15, 0.2) is 0 Å². The van der Waals surface area contributed by atoms with E-state index in [9.17, 15) is 4.79 Å². The molecule has 2 aliphatic rings. The van der Waals surface area contributed by atoms with Crippen molar-refractivity contribution in [3.8, 4) is 0 Å². The van der Waals surface area contributed by atoms with Crippen LogP contribution in [0, 0.1) is 5.92 Å². The molecule has 0 spiro atoms. The Hall–Kier alpha value is -0.610. The summed E-state index contributed by atoms with van der Waals surface area (Å²) in [7, 11) is 3.63. The fourth-order valence-electron chi connectivity index (χ4n) is 3.21. The van der Waals surface area contributed by atoms with Crippen LogP contribution in [0.25, 0.3) is 0 Å². The molecule has 0 amide bonds. The second-order valence-corrected chi connectivity index (χ2v) is 5.09. The number of nitrogens with one attached hydrogen (secondary N) is 1. The van der Waals surface area contributed by atoms with Crippen molar-refractivity contribution < 1.29 is 9.53 Å². The van der Waals surface area contributed by atoms with Gasteiger partial charge in [-0.2, -0.15) is 0 Å². The Morgan fingerprint density at radius 3 is 2.88 bits per heavy atom. The number of carbonyl (C=O) groups excluding carboxylic acids is 1. The molecule has 0 bridgehead atoms. The molecule has 2 saturated heterocycles. The molecule has 92 valence electrons. The summed E-state index contributed by atoms with van der Waals surface area (Å²) in [5, 5.41) is 3.41. The summed E-state index contributed by atoms with van der Waals surface area (Å²) in [6.45, 7) is 3.09. The number of hydrogen-bond acceptors (Lipinski definition) is 4. The minimum Gasteiger partial charge on any atom is -0.468 e. The first-order valence-corrected chi connectivity index (χ1v) is 6.21. The highest BCUT2D eigenvalue weighted by Crippen LogP contribution is 2.34. The van der Waals surface area contributed by atoms with E-state index >= 15 is 0 Å². The van der Waals surface area contributed by atoms with Crippen molar-refractivity contribution in [1.29, 1.82) is 0 Å². The third kappa shape index (κ3) is 1.96. The maximum absolute atomic E-state index is 12.0. The van der Waals surface area contributed by atoms with Gasteiger partial charge in [-0.1, -0.05) is 0 Å². The first kappa shape index (κ1) is 11.9. The second kappa shape index (κ2) is 4.72. The Labute approximate surface area is 97.3 Å². The van der Waals surface area contributed by atoms with Gasteiger partial charge in [0.2, 0.25) is 0 Å². The predicted octanol–water partition coefficient (Wildman–Crippen LogP) is 0.623. The summed E-state index contributed by atoms with van der Waals surface area (Å²) in [5.74, 6) is 0.339. The summed E-state index contributed by atoms with van der Waals surface area (Å²) in [6.07, 6.45) is 4.32. The summed E-state index contributed by atoms with van der Waals surface area (Å²) < 4.78 is 5.01. The van der Waals surface area contributed by atoms with E-state index in [2.05, 4.69) is 17.3 Å². The highest BCUT2D eigenvalue weighted by molar-refractivity contribution is 5.81. The summed E-state index contributed by atoms with van der Waals surface area (Å²) in [6, 6.07) is 0. The van der Waals surface area contributed by atoms with Gasteiger partial charge in [-0.05, 0) is 45.8 Å². The predicted molar refractivity (Wildman–Crippen MR) is 62.2 cm³/mol. The number of rotatable bonds is 2. The largest absolute Gasteiger partial charge is 0.468 e. The second-order valence-electron chi connectivity index (χ2n) is 5.09. The molecule has 0 aliphatic carbocycles. The number of methoxy groups -OCH3 is 1. The maximum Gasteiger partial charge on any atom is 0.326 e. The van der Waals surface area contributed by atoms with E-state index in [1.807, 2.05) is 0 Å². The number of esters is 1. The SMILES string of the molecule is COC(=O)C1(C2CCCN(C)C2)CCCN1. The molecule has 2 unspecified atom stereocenters. The Kier molecular flexibility index (Phi) is 3.50. The Balaban J connectivity index is 2.15. The zero-order chi connectivity index (χ0) is 11.6. The van der Waals surface area contributed by atoms with E-state index in [0.717, 1.165) is 38.9 Å². The standard InChI is InChI=1S/C12H22N2O2/c1-14-8-3-5-10(9-14)12(11(15)16-2)6-4-7-13-12/h10,13H,3-9H2,1-2H3.